The Hall–Kier alpha value is -0.220. The SMILES string of the molecule is CCC1CCNC(C(=O)NCC2CCSC2)C1. The molecule has 3 atom stereocenters. The highest BCUT2D eigenvalue weighted by Crippen LogP contribution is 2.23. The molecule has 0 aromatic heterocycles. The van der Waals surface area contributed by atoms with Crippen LogP contribution in [0, 0.1) is 11.8 Å². The number of hydrogen-bond acceptors (Lipinski definition) is 3. The lowest BCUT2D eigenvalue weighted by Gasteiger charge is -2.29. The molecule has 0 saturated carbocycles. The molecule has 1 amide bonds. The third-order valence-electron chi connectivity index (χ3n) is 4.00. The summed E-state index contributed by atoms with van der Waals surface area (Å²) in [5.41, 5.74) is 0. The van der Waals surface area contributed by atoms with Crippen LogP contribution in [0.2, 0.25) is 0 Å². The average Bonchev–Trinajstić information content (AvgIpc) is 2.89. The Bertz CT molecular complexity index is 254. The van der Waals surface area contributed by atoms with E-state index < -0.39 is 0 Å². The maximum absolute atomic E-state index is 12.0. The second-order valence-electron chi connectivity index (χ2n) is 5.28. The van der Waals surface area contributed by atoms with Gasteiger partial charge in [0, 0.05) is 6.54 Å². The fraction of sp³-hybridized carbons (Fsp3) is 0.923. The van der Waals surface area contributed by atoms with Gasteiger partial charge in [0.25, 0.3) is 0 Å². The van der Waals surface area contributed by atoms with Gasteiger partial charge < -0.3 is 10.6 Å². The fourth-order valence-electron chi connectivity index (χ4n) is 2.68. The zero-order valence-electron chi connectivity index (χ0n) is 10.7. The van der Waals surface area contributed by atoms with Crippen molar-refractivity contribution in [1.29, 1.82) is 0 Å². The van der Waals surface area contributed by atoms with Crippen LogP contribution in [0.1, 0.15) is 32.6 Å². The van der Waals surface area contributed by atoms with Gasteiger partial charge in [-0.2, -0.15) is 11.8 Å². The van der Waals surface area contributed by atoms with Crippen LogP contribution in [-0.2, 0) is 4.79 Å². The van der Waals surface area contributed by atoms with Crippen molar-refractivity contribution in [3.05, 3.63) is 0 Å². The minimum absolute atomic E-state index is 0.0581. The summed E-state index contributed by atoms with van der Waals surface area (Å²) in [5, 5.41) is 6.47. The van der Waals surface area contributed by atoms with E-state index in [4.69, 9.17) is 0 Å². The lowest BCUT2D eigenvalue weighted by atomic mass is 9.90. The molecule has 0 aliphatic carbocycles. The second-order valence-corrected chi connectivity index (χ2v) is 6.43. The molecule has 2 aliphatic rings. The summed E-state index contributed by atoms with van der Waals surface area (Å²) < 4.78 is 0. The van der Waals surface area contributed by atoms with Gasteiger partial charge in [-0.1, -0.05) is 13.3 Å². The minimum Gasteiger partial charge on any atom is -0.354 e. The van der Waals surface area contributed by atoms with Gasteiger partial charge in [-0.25, -0.2) is 0 Å². The average molecular weight is 256 g/mol. The summed E-state index contributed by atoms with van der Waals surface area (Å²) in [6.07, 6.45) is 4.70. The molecule has 4 heteroatoms. The molecule has 0 aromatic carbocycles. The molecule has 98 valence electrons. The maximum atomic E-state index is 12.0. The molecule has 2 aliphatic heterocycles. The van der Waals surface area contributed by atoms with Gasteiger partial charge in [-0.05, 0) is 49.1 Å². The highest BCUT2D eigenvalue weighted by atomic mass is 32.2. The third-order valence-corrected chi connectivity index (χ3v) is 5.23. The number of rotatable bonds is 4. The topological polar surface area (TPSA) is 41.1 Å². The number of piperidine rings is 1. The first-order valence-corrected chi connectivity index (χ1v) is 8.04. The van der Waals surface area contributed by atoms with Crippen LogP contribution in [0.3, 0.4) is 0 Å². The van der Waals surface area contributed by atoms with Gasteiger partial charge in [0.1, 0.15) is 0 Å². The summed E-state index contributed by atoms with van der Waals surface area (Å²) in [7, 11) is 0. The summed E-state index contributed by atoms with van der Waals surface area (Å²) in [6, 6.07) is 0.0581. The van der Waals surface area contributed by atoms with Crippen LogP contribution in [0.25, 0.3) is 0 Å². The van der Waals surface area contributed by atoms with E-state index in [9.17, 15) is 4.79 Å². The van der Waals surface area contributed by atoms with E-state index in [-0.39, 0.29) is 11.9 Å². The summed E-state index contributed by atoms with van der Waals surface area (Å²) in [5.74, 6) is 4.14. The van der Waals surface area contributed by atoms with Crippen LogP contribution in [-0.4, -0.2) is 36.5 Å². The third kappa shape index (κ3) is 3.88. The number of carbonyl (C=O) groups excluding carboxylic acids is 1. The molecule has 2 saturated heterocycles. The van der Waals surface area contributed by atoms with Crippen LogP contribution in [0.5, 0.6) is 0 Å². The van der Waals surface area contributed by atoms with E-state index in [1.54, 1.807) is 0 Å². The normalized spacial score (nSPS) is 33.6. The van der Waals surface area contributed by atoms with Gasteiger partial charge in [-0.15, -0.1) is 0 Å². The number of amides is 1. The summed E-state index contributed by atoms with van der Waals surface area (Å²) >= 11 is 2.01. The lowest BCUT2D eigenvalue weighted by Crippen LogP contribution is -2.49. The molecule has 2 fully saturated rings. The van der Waals surface area contributed by atoms with E-state index in [0.717, 1.165) is 25.4 Å². The van der Waals surface area contributed by atoms with Crippen molar-refractivity contribution in [1.82, 2.24) is 10.6 Å². The predicted molar refractivity (Wildman–Crippen MR) is 73.2 cm³/mol. The van der Waals surface area contributed by atoms with Crippen LogP contribution >= 0.6 is 11.8 Å². The van der Waals surface area contributed by atoms with E-state index in [1.807, 2.05) is 11.8 Å². The molecule has 2 rings (SSSR count). The first-order valence-electron chi connectivity index (χ1n) is 6.88. The van der Waals surface area contributed by atoms with Crippen molar-refractivity contribution in [3.8, 4) is 0 Å². The van der Waals surface area contributed by atoms with Crippen molar-refractivity contribution in [2.45, 2.75) is 38.6 Å². The van der Waals surface area contributed by atoms with Gasteiger partial charge >= 0.3 is 0 Å². The van der Waals surface area contributed by atoms with Crippen LogP contribution in [0.15, 0.2) is 0 Å². The Kier molecular flexibility index (Phi) is 5.16. The molecule has 2 heterocycles. The van der Waals surface area contributed by atoms with E-state index in [2.05, 4.69) is 17.6 Å². The standard InChI is InChI=1S/C13H24N2OS/c1-2-10-3-5-14-12(7-10)13(16)15-8-11-4-6-17-9-11/h10-12,14H,2-9H2,1H3,(H,15,16). The van der Waals surface area contributed by atoms with Crippen molar-refractivity contribution >= 4 is 17.7 Å². The molecule has 0 aromatic rings. The van der Waals surface area contributed by atoms with E-state index in [1.165, 1.54) is 30.8 Å². The Balaban J connectivity index is 1.71. The van der Waals surface area contributed by atoms with Crippen molar-refractivity contribution in [3.63, 3.8) is 0 Å². The molecule has 3 unspecified atom stereocenters. The highest BCUT2D eigenvalue weighted by Gasteiger charge is 2.26. The highest BCUT2D eigenvalue weighted by molar-refractivity contribution is 7.99. The molecule has 0 spiro atoms. The van der Waals surface area contributed by atoms with E-state index in [0.29, 0.717) is 5.92 Å². The van der Waals surface area contributed by atoms with Crippen molar-refractivity contribution in [2.24, 2.45) is 11.8 Å². The zero-order chi connectivity index (χ0) is 12.1. The second kappa shape index (κ2) is 6.64. The van der Waals surface area contributed by atoms with Gasteiger partial charge in [0.05, 0.1) is 6.04 Å². The Morgan fingerprint density at radius 1 is 1.41 bits per heavy atom. The van der Waals surface area contributed by atoms with Crippen LogP contribution < -0.4 is 10.6 Å². The molecule has 0 radical (unpaired) electrons. The maximum Gasteiger partial charge on any atom is 0.237 e. The molecule has 3 nitrogen and oxygen atoms in total. The van der Waals surface area contributed by atoms with Crippen molar-refractivity contribution in [2.75, 3.05) is 24.6 Å². The van der Waals surface area contributed by atoms with Gasteiger partial charge in [0.15, 0.2) is 0 Å². The lowest BCUT2D eigenvalue weighted by molar-refractivity contribution is -0.124. The Labute approximate surface area is 108 Å². The number of carbonyl (C=O) groups is 1. The Morgan fingerprint density at radius 2 is 2.29 bits per heavy atom. The Morgan fingerprint density at radius 3 is 3.00 bits per heavy atom. The first-order chi connectivity index (χ1) is 8.29. The molecule has 0 bridgehead atoms. The monoisotopic (exact) mass is 256 g/mol. The van der Waals surface area contributed by atoms with E-state index >= 15 is 0 Å². The molecule has 2 N–H and O–H groups in total. The molecular formula is C13H24N2OS. The van der Waals surface area contributed by atoms with Crippen molar-refractivity contribution < 1.29 is 4.79 Å². The van der Waals surface area contributed by atoms with Crippen LogP contribution in [0.4, 0.5) is 0 Å². The molecule has 17 heavy (non-hydrogen) atoms. The quantitative estimate of drug-likeness (QED) is 0.803. The minimum atomic E-state index is 0.0581. The predicted octanol–water partition coefficient (Wildman–Crippen LogP) is 1.63. The fourth-order valence-corrected chi connectivity index (χ4v) is 3.96. The number of hydrogen-bond donors (Lipinski definition) is 2. The number of thioether (sulfide) groups is 1. The smallest absolute Gasteiger partial charge is 0.237 e. The first kappa shape index (κ1) is 13.2. The molecular weight excluding hydrogens is 232 g/mol. The summed E-state index contributed by atoms with van der Waals surface area (Å²) in [6.45, 7) is 4.09. The number of nitrogens with one attached hydrogen (secondary N) is 2. The van der Waals surface area contributed by atoms with Gasteiger partial charge in [-0.3, -0.25) is 4.79 Å². The largest absolute Gasteiger partial charge is 0.354 e. The summed E-state index contributed by atoms with van der Waals surface area (Å²) in [4.78, 5) is 12.0. The zero-order valence-corrected chi connectivity index (χ0v) is 11.5. The van der Waals surface area contributed by atoms with Gasteiger partial charge in [0.2, 0.25) is 5.91 Å².